The van der Waals surface area contributed by atoms with Crippen molar-refractivity contribution in [2.75, 3.05) is 11.9 Å². The van der Waals surface area contributed by atoms with Crippen LogP contribution in [0.2, 0.25) is 0 Å². The number of nitrogens with one attached hydrogen (secondary N) is 2. The van der Waals surface area contributed by atoms with E-state index < -0.39 is 29.5 Å². The van der Waals surface area contributed by atoms with Gasteiger partial charge < -0.3 is 15.4 Å². The average molecular weight is 425 g/mol. The normalized spacial score (nSPS) is 16.0. The van der Waals surface area contributed by atoms with E-state index in [2.05, 4.69) is 26.3 Å². The van der Waals surface area contributed by atoms with Crippen molar-refractivity contribution in [2.24, 2.45) is 0 Å². The number of alkyl halides is 2. The summed E-state index contributed by atoms with van der Waals surface area (Å²) in [6.07, 6.45) is 1.34. The van der Waals surface area contributed by atoms with E-state index >= 15 is 0 Å². The number of benzene rings is 1. The van der Waals surface area contributed by atoms with Crippen LogP contribution in [0.4, 0.5) is 14.6 Å². The molecule has 0 amide bonds. The fourth-order valence-electron chi connectivity index (χ4n) is 3.60. The van der Waals surface area contributed by atoms with Gasteiger partial charge in [0.15, 0.2) is 0 Å². The first-order valence-electron chi connectivity index (χ1n) is 9.88. The number of H-pyrrole nitrogens is 1. The summed E-state index contributed by atoms with van der Waals surface area (Å²) in [5, 5.41) is 22.1. The van der Waals surface area contributed by atoms with Crippen LogP contribution in [0.3, 0.4) is 0 Å². The van der Waals surface area contributed by atoms with Crippen molar-refractivity contribution >= 4 is 16.7 Å². The lowest BCUT2D eigenvalue weighted by atomic mass is 10.0. The first kappa shape index (κ1) is 20.9. The highest BCUT2D eigenvalue weighted by molar-refractivity contribution is 5.89. The summed E-state index contributed by atoms with van der Waals surface area (Å²) in [5.74, 6) is -2.58. The van der Waals surface area contributed by atoms with Crippen LogP contribution in [0.5, 0.6) is 0 Å². The number of nitrogens with zero attached hydrogens (tertiary/aromatic N) is 3. The molecular formula is C22H21F2N5O2. The van der Waals surface area contributed by atoms with Crippen LogP contribution in [0.1, 0.15) is 48.5 Å². The number of pyridine rings is 1. The van der Waals surface area contributed by atoms with Gasteiger partial charge in [0.2, 0.25) is 0 Å². The van der Waals surface area contributed by atoms with Crippen LogP contribution < -0.4 is 10.9 Å². The van der Waals surface area contributed by atoms with E-state index in [0.29, 0.717) is 41.1 Å². The molecule has 4 rings (SSSR count). The van der Waals surface area contributed by atoms with E-state index in [1.165, 1.54) is 18.2 Å². The highest BCUT2D eigenvalue weighted by Gasteiger charge is 2.46. The molecule has 0 spiro atoms. The Morgan fingerprint density at radius 2 is 2.10 bits per heavy atom. The Balaban J connectivity index is 1.76. The summed E-state index contributed by atoms with van der Waals surface area (Å²) in [6.45, 7) is 2.16. The first-order chi connectivity index (χ1) is 14.7. The van der Waals surface area contributed by atoms with Gasteiger partial charge in [0.25, 0.3) is 11.5 Å². The van der Waals surface area contributed by atoms with Gasteiger partial charge in [0.05, 0.1) is 16.9 Å². The number of fused-ring (bicyclic) bond motifs is 1. The van der Waals surface area contributed by atoms with Crippen molar-refractivity contribution in [3.8, 4) is 6.07 Å². The third kappa shape index (κ3) is 3.75. The molecule has 9 heteroatoms. The third-order valence-electron chi connectivity index (χ3n) is 5.65. The highest BCUT2D eigenvalue weighted by atomic mass is 19.3. The van der Waals surface area contributed by atoms with E-state index in [4.69, 9.17) is 5.11 Å². The molecule has 0 bridgehead atoms. The Morgan fingerprint density at radius 1 is 1.35 bits per heavy atom. The molecule has 1 aromatic carbocycles. The lowest BCUT2D eigenvalue weighted by Crippen LogP contribution is -2.20. The summed E-state index contributed by atoms with van der Waals surface area (Å²) < 4.78 is 27.8. The fraction of sp³-hybridized carbons (Fsp3) is 0.364. The molecule has 0 radical (unpaired) electrons. The second-order valence-corrected chi connectivity index (χ2v) is 7.94. The smallest absolute Gasteiger partial charge is 0.295 e. The number of hydrogen-bond acceptors (Lipinski definition) is 6. The Kier molecular flexibility index (Phi) is 4.98. The number of halogens is 2. The van der Waals surface area contributed by atoms with E-state index in [0.717, 1.165) is 0 Å². The van der Waals surface area contributed by atoms with E-state index in [1.54, 1.807) is 26.0 Å². The van der Waals surface area contributed by atoms with Crippen LogP contribution >= 0.6 is 0 Å². The maximum Gasteiger partial charge on any atom is 0.295 e. The molecule has 1 fully saturated rings. The minimum Gasteiger partial charge on any atom is -0.390 e. The Bertz CT molecular complexity index is 1260. The first-order valence-corrected chi connectivity index (χ1v) is 9.88. The summed E-state index contributed by atoms with van der Waals surface area (Å²) in [5.41, 5.74) is -0.0879. The van der Waals surface area contributed by atoms with E-state index in [-0.39, 0.29) is 11.1 Å². The third-order valence-corrected chi connectivity index (χ3v) is 5.65. The Labute approximate surface area is 176 Å². The second-order valence-electron chi connectivity index (χ2n) is 7.94. The van der Waals surface area contributed by atoms with Gasteiger partial charge in [-0.3, -0.25) is 4.79 Å². The lowest BCUT2D eigenvalue weighted by Gasteiger charge is -2.20. The van der Waals surface area contributed by atoms with Gasteiger partial charge in [0, 0.05) is 17.3 Å². The predicted molar refractivity (Wildman–Crippen MR) is 111 cm³/mol. The number of nitriles is 1. The summed E-state index contributed by atoms with van der Waals surface area (Å²) in [7, 11) is 0. The van der Waals surface area contributed by atoms with Gasteiger partial charge in [-0.25, -0.2) is 9.97 Å². The number of aliphatic hydroxyl groups is 1. The Hall–Kier alpha value is -3.38. The summed E-state index contributed by atoms with van der Waals surface area (Å²) in [4.78, 5) is 24.1. The van der Waals surface area contributed by atoms with Crippen molar-refractivity contribution < 1.29 is 13.9 Å². The molecule has 0 saturated heterocycles. The molecule has 2 heterocycles. The van der Waals surface area contributed by atoms with Crippen molar-refractivity contribution in [3.05, 3.63) is 63.3 Å². The van der Waals surface area contributed by atoms with Crippen LogP contribution in [0.25, 0.3) is 10.9 Å². The van der Waals surface area contributed by atoms with Gasteiger partial charge in [-0.1, -0.05) is 18.2 Å². The van der Waals surface area contributed by atoms with Crippen molar-refractivity contribution in [1.82, 2.24) is 15.0 Å². The van der Waals surface area contributed by atoms with Crippen LogP contribution in [-0.2, 0) is 11.3 Å². The van der Waals surface area contributed by atoms with Crippen molar-refractivity contribution in [3.63, 3.8) is 0 Å². The minimum absolute atomic E-state index is 0.195. The molecule has 1 aliphatic rings. The zero-order chi connectivity index (χ0) is 22.4. The molecular weight excluding hydrogens is 404 g/mol. The van der Waals surface area contributed by atoms with E-state index in [1.807, 2.05) is 0 Å². The summed E-state index contributed by atoms with van der Waals surface area (Å²) in [6, 6.07) is 9.34. The minimum atomic E-state index is -3.34. The molecule has 0 aliphatic heterocycles. The molecule has 31 heavy (non-hydrogen) atoms. The molecule has 0 unspecified atom stereocenters. The molecule has 1 atom stereocenters. The molecule has 1 aliphatic carbocycles. The molecule has 2 aromatic heterocycles. The number of aromatic amines is 1. The van der Waals surface area contributed by atoms with Crippen LogP contribution in [0, 0.1) is 18.3 Å². The number of hydrogen-bond donors (Lipinski definition) is 3. The quantitative estimate of drug-likeness (QED) is 0.557. The second kappa shape index (κ2) is 7.39. The zero-order valence-electron chi connectivity index (χ0n) is 17.0. The van der Waals surface area contributed by atoms with Gasteiger partial charge in [-0.2, -0.15) is 14.0 Å². The van der Waals surface area contributed by atoms with Gasteiger partial charge in [0.1, 0.15) is 23.8 Å². The van der Waals surface area contributed by atoms with E-state index in [9.17, 15) is 18.8 Å². The lowest BCUT2D eigenvalue weighted by molar-refractivity contribution is -0.0556. The van der Waals surface area contributed by atoms with Crippen molar-refractivity contribution in [2.45, 2.75) is 44.1 Å². The van der Waals surface area contributed by atoms with Crippen LogP contribution in [0.15, 0.2) is 35.1 Å². The zero-order valence-corrected chi connectivity index (χ0v) is 17.0. The standard InChI is InChI=1S/C22H21F2N5O2/c1-12(14-4-3-5-15(8-14)22(23,24)11-30)26-19-16-9-17(21(10-25)6-7-21)29-20(31)18(16)27-13(2)28-19/h3-5,8-9,12,30H,6-7,11H2,1-2H3,(H,29,31)(H,26,27,28)/t12-/m1/s1. The number of aliphatic hydroxyl groups excluding tert-OH is 1. The number of rotatable bonds is 6. The number of aryl methyl sites for hydroxylation is 1. The highest BCUT2D eigenvalue weighted by Crippen LogP contribution is 2.47. The van der Waals surface area contributed by atoms with Crippen molar-refractivity contribution in [1.29, 1.82) is 5.26 Å². The number of anilines is 1. The van der Waals surface area contributed by atoms with Gasteiger partial charge >= 0.3 is 0 Å². The molecule has 3 N–H and O–H groups in total. The maximum atomic E-state index is 13.9. The SMILES string of the molecule is Cc1nc(N[C@H](C)c2cccc(C(F)(F)CO)c2)c2cc(C3(C#N)CC3)[nH]c(=O)c2n1. The number of aromatic nitrogens is 3. The fourth-order valence-corrected chi connectivity index (χ4v) is 3.60. The monoisotopic (exact) mass is 425 g/mol. The summed E-state index contributed by atoms with van der Waals surface area (Å²) >= 11 is 0. The van der Waals surface area contributed by atoms with Gasteiger partial charge in [-0.05, 0) is 44.4 Å². The topological polar surface area (TPSA) is 115 Å². The average Bonchev–Trinajstić information content (AvgIpc) is 3.55. The Morgan fingerprint density at radius 3 is 2.74 bits per heavy atom. The largest absolute Gasteiger partial charge is 0.390 e. The molecule has 1 saturated carbocycles. The molecule has 7 nitrogen and oxygen atoms in total. The predicted octanol–water partition coefficient (Wildman–Crippen LogP) is 3.44. The molecule has 160 valence electrons. The van der Waals surface area contributed by atoms with Crippen LogP contribution in [-0.4, -0.2) is 26.7 Å². The van der Waals surface area contributed by atoms with Gasteiger partial charge in [-0.15, -0.1) is 0 Å². The maximum absolute atomic E-state index is 13.9. The molecule has 3 aromatic rings.